The van der Waals surface area contributed by atoms with Crippen molar-refractivity contribution in [3.05, 3.63) is 58.1 Å². The van der Waals surface area contributed by atoms with Gasteiger partial charge in [0.05, 0.1) is 10.7 Å². The lowest BCUT2D eigenvalue weighted by molar-refractivity contribution is -0.121. The van der Waals surface area contributed by atoms with Crippen LogP contribution in [0.2, 0.25) is 10.0 Å². The second kappa shape index (κ2) is 8.63. The minimum absolute atomic E-state index is 0.0945. The maximum Gasteiger partial charge on any atom is 0.418 e. The van der Waals surface area contributed by atoms with Crippen molar-refractivity contribution in [3.63, 3.8) is 0 Å². The molecule has 0 bridgehead atoms. The number of nitrogens with zero attached hydrogens (tertiary/aromatic N) is 3. The van der Waals surface area contributed by atoms with Crippen molar-refractivity contribution in [3.8, 4) is 17.5 Å². The van der Waals surface area contributed by atoms with Gasteiger partial charge < -0.3 is 9.64 Å². The molecule has 0 aliphatic heterocycles. The van der Waals surface area contributed by atoms with Gasteiger partial charge in [-0.05, 0) is 44.5 Å². The molecule has 0 atom stereocenters. The van der Waals surface area contributed by atoms with E-state index in [2.05, 4.69) is 10.1 Å². The van der Waals surface area contributed by atoms with Gasteiger partial charge in [-0.2, -0.15) is 4.98 Å². The molecule has 0 spiro atoms. The van der Waals surface area contributed by atoms with Crippen LogP contribution in [0.3, 0.4) is 0 Å². The number of amides is 1. The summed E-state index contributed by atoms with van der Waals surface area (Å²) in [6, 6.07) is 12.5. The second-order valence-electron chi connectivity index (χ2n) is 6.45. The summed E-state index contributed by atoms with van der Waals surface area (Å²) < 4.78 is 10.5. The molecular weight excluding hydrogens is 401 g/mol. The maximum absolute atomic E-state index is 12.7. The quantitative estimate of drug-likeness (QED) is 0.550. The molecule has 0 unspecified atom stereocenters. The first-order valence-corrected chi connectivity index (χ1v) is 9.42. The van der Waals surface area contributed by atoms with Gasteiger partial charge in [-0.3, -0.25) is 9.32 Å². The van der Waals surface area contributed by atoms with Gasteiger partial charge in [-0.15, -0.1) is 0 Å². The molecule has 0 saturated carbocycles. The minimum atomic E-state index is -0.277. The monoisotopic (exact) mass is 419 g/mol. The molecule has 2 aromatic carbocycles. The summed E-state index contributed by atoms with van der Waals surface area (Å²) in [6.07, 6.45) is -0.0945. The van der Waals surface area contributed by atoms with Crippen LogP contribution in [-0.4, -0.2) is 28.7 Å². The molecule has 0 N–H and O–H groups in total. The fourth-order valence-electron chi connectivity index (χ4n) is 2.66. The zero-order valence-corrected chi connectivity index (χ0v) is 17.2. The summed E-state index contributed by atoms with van der Waals surface area (Å²) in [4.78, 5) is 18.4. The maximum atomic E-state index is 12.7. The molecule has 1 heterocycles. The molecule has 146 valence electrons. The van der Waals surface area contributed by atoms with Crippen LogP contribution < -0.4 is 9.64 Å². The van der Waals surface area contributed by atoms with E-state index in [1.165, 1.54) is 0 Å². The SMILES string of the molecule is Cc1ccc(-c2noc(OCC(=O)N(c3ccccc3Cl)C(C)C)n2)cc1Cl. The summed E-state index contributed by atoms with van der Waals surface area (Å²) in [5, 5.41) is 4.96. The summed E-state index contributed by atoms with van der Waals surface area (Å²) in [7, 11) is 0. The molecule has 3 rings (SSSR count). The molecular formula is C20H19Cl2N3O3. The standard InChI is InChI=1S/C20H19Cl2N3O3/c1-12(2)25(17-7-5-4-6-15(17)21)18(26)11-27-20-23-19(24-28-20)14-9-8-13(3)16(22)10-14/h4-10,12H,11H2,1-3H3. The van der Waals surface area contributed by atoms with Crippen molar-refractivity contribution in [2.75, 3.05) is 11.5 Å². The van der Waals surface area contributed by atoms with Crippen molar-refractivity contribution >= 4 is 34.8 Å². The number of halogens is 2. The van der Waals surface area contributed by atoms with E-state index in [0.717, 1.165) is 5.56 Å². The number of ether oxygens (including phenoxy) is 1. The summed E-state index contributed by atoms with van der Waals surface area (Å²) >= 11 is 12.4. The van der Waals surface area contributed by atoms with Gasteiger partial charge in [0.15, 0.2) is 6.61 Å². The average molecular weight is 420 g/mol. The van der Waals surface area contributed by atoms with E-state index in [1.807, 2.05) is 45.0 Å². The predicted octanol–water partition coefficient (Wildman–Crippen LogP) is 5.17. The second-order valence-corrected chi connectivity index (χ2v) is 7.26. The normalized spacial score (nSPS) is 10.9. The highest BCUT2D eigenvalue weighted by Gasteiger charge is 2.22. The van der Waals surface area contributed by atoms with E-state index in [-0.39, 0.29) is 24.6 Å². The van der Waals surface area contributed by atoms with E-state index in [0.29, 0.717) is 27.1 Å². The van der Waals surface area contributed by atoms with Crippen molar-refractivity contribution in [2.45, 2.75) is 26.8 Å². The Morgan fingerprint density at radius 2 is 1.93 bits per heavy atom. The molecule has 0 aliphatic carbocycles. The molecule has 3 aromatic rings. The van der Waals surface area contributed by atoms with Gasteiger partial charge >= 0.3 is 6.08 Å². The summed E-state index contributed by atoms with van der Waals surface area (Å²) in [5.41, 5.74) is 2.26. The van der Waals surface area contributed by atoms with Crippen molar-refractivity contribution in [1.29, 1.82) is 0 Å². The van der Waals surface area contributed by atoms with E-state index in [1.54, 1.807) is 23.1 Å². The van der Waals surface area contributed by atoms with E-state index < -0.39 is 0 Å². The number of aryl methyl sites for hydroxylation is 1. The summed E-state index contributed by atoms with van der Waals surface area (Å²) in [5.74, 6) is 0.0531. The molecule has 0 radical (unpaired) electrons. The zero-order chi connectivity index (χ0) is 20.3. The number of aromatic nitrogens is 2. The number of hydrogen-bond donors (Lipinski definition) is 0. The molecule has 28 heavy (non-hydrogen) atoms. The third kappa shape index (κ3) is 4.46. The lowest BCUT2D eigenvalue weighted by Gasteiger charge is -2.27. The Balaban J connectivity index is 1.71. The molecule has 0 saturated heterocycles. The molecule has 1 amide bonds. The van der Waals surface area contributed by atoms with Gasteiger partial charge in [0, 0.05) is 16.6 Å². The lowest BCUT2D eigenvalue weighted by Crippen LogP contribution is -2.40. The largest absolute Gasteiger partial charge is 0.439 e. The van der Waals surface area contributed by atoms with E-state index in [9.17, 15) is 4.79 Å². The predicted molar refractivity (Wildman–Crippen MR) is 109 cm³/mol. The number of rotatable bonds is 6. The lowest BCUT2D eigenvalue weighted by atomic mass is 10.1. The third-order valence-corrected chi connectivity index (χ3v) is 4.78. The first-order valence-electron chi connectivity index (χ1n) is 8.66. The first kappa shape index (κ1) is 20.2. The molecule has 1 aromatic heterocycles. The van der Waals surface area contributed by atoms with Gasteiger partial charge in [0.2, 0.25) is 5.82 Å². The van der Waals surface area contributed by atoms with E-state index >= 15 is 0 Å². The van der Waals surface area contributed by atoms with Crippen molar-refractivity contribution in [2.24, 2.45) is 0 Å². The topological polar surface area (TPSA) is 68.5 Å². The average Bonchev–Trinajstić information content (AvgIpc) is 3.13. The van der Waals surface area contributed by atoms with Crippen LogP contribution in [0.4, 0.5) is 5.69 Å². The Labute approximate surface area is 173 Å². The smallest absolute Gasteiger partial charge is 0.418 e. The highest BCUT2D eigenvalue weighted by Crippen LogP contribution is 2.28. The highest BCUT2D eigenvalue weighted by atomic mass is 35.5. The fourth-order valence-corrected chi connectivity index (χ4v) is 3.07. The minimum Gasteiger partial charge on any atom is -0.439 e. The molecule has 0 fully saturated rings. The Bertz CT molecular complexity index is 988. The van der Waals surface area contributed by atoms with Crippen LogP contribution in [0.1, 0.15) is 19.4 Å². The number of carbonyl (C=O) groups excluding carboxylic acids is 1. The highest BCUT2D eigenvalue weighted by molar-refractivity contribution is 6.33. The molecule has 0 aliphatic rings. The van der Waals surface area contributed by atoms with Gasteiger partial charge in [0.25, 0.3) is 5.91 Å². The zero-order valence-electron chi connectivity index (χ0n) is 15.6. The Hall–Kier alpha value is -2.57. The first-order chi connectivity index (χ1) is 13.4. The number of anilines is 1. The summed E-state index contributed by atoms with van der Waals surface area (Å²) in [6.45, 7) is 5.43. The Morgan fingerprint density at radius 3 is 2.61 bits per heavy atom. The van der Waals surface area contributed by atoms with Crippen LogP contribution in [0.15, 0.2) is 47.0 Å². The van der Waals surface area contributed by atoms with Gasteiger partial charge in [-0.1, -0.05) is 52.6 Å². The van der Waals surface area contributed by atoms with Gasteiger partial charge in [-0.25, -0.2) is 0 Å². The number of benzene rings is 2. The van der Waals surface area contributed by atoms with Gasteiger partial charge in [0.1, 0.15) is 0 Å². The number of carbonyl (C=O) groups is 1. The van der Waals surface area contributed by atoms with Crippen LogP contribution in [0.25, 0.3) is 11.4 Å². The number of hydrogen-bond acceptors (Lipinski definition) is 5. The third-order valence-electron chi connectivity index (χ3n) is 4.05. The fraction of sp³-hybridized carbons (Fsp3) is 0.250. The van der Waals surface area contributed by atoms with Crippen LogP contribution in [-0.2, 0) is 4.79 Å². The van der Waals surface area contributed by atoms with Crippen molar-refractivity contribution in [1.82, 2.24) is 10.1 Å². The van der Waals surface area contributed by atoms with Crippen LogP contribution >= 0.6 is 23.2 Å². The van der Waals surface area contributed by atoms with Crippen LogP contribution in [0, 0.1) is 6.92 Å². The molecule has 6 nitrogen and oxygen atoms in total. The van der Waals surface area contributed by atoms with Crippen molar-refractivity contribution < 1.29 is 14.1 Å². The Morgan fingerprint density at radius 1 is 1.18 bits per heavy atom. The number of para-hydroxylation sites is 1. The van der Waals surface area contributed by atoms with Crippen LogP contribution in [0.5, 0.6) is 6.08 Å². The molecule has 8 heteroatoms. The Kier molecular flexibility index (Phi) is 6.21. The van der Waals surface area contributed by atoms with E-state index in [4.69, 9.17) is 32.5 Å².